The van der Waals surface area contributed by atoms with Crippen LogP contribution in [0.3, 0.4) is 0 Å². The van der Waals surface area contributed by atoms with Gasteiger partial charge in [-0.25, -0.2) is 18.4 Å². The summed E-state index contributed by atoms with van der Waals surface area (Å²) < 4.78 is 33.4. The number of carboxylic acid groups (broad SMARTS) is 2. The summed E-state index contributed by atoms with van der Waals surface area (Å²) >= 11 is 0. The third-order valence-electron chi connectivity index (χ3n) is 3.89. The molecule has 0 spiro atoms. The normalized spacial score (nSPS) is 10.4. The molecule has 0 unspecified atom stereocenters. The molecule has 0 radical (unpaired) electrons. The molecule has 2 rings (SSSR count). The van der Waals surface area contributed by atoms with E-state index in [1.54, 1.807) is 0 Å². The van der Waals surface area contributed by atoms with Crippen molar-refractivity contribution >= 4 is 23.3 Å². The molecule has 0 aliphatic carbocycles. The molecule has 0 atom stereocenters. The molecule has 0 saturated heterocycles. The monoisotopic (exact) mass is 380 g/mol. The standard InChI is InChI=1S/C18H18F2N2O5/c1-21-14-7-12(19)9(5-10(14)17(23)24)3-4-27-16-6-11(18(25)26)15(22-2)8-13(16)20/h5-8,21-22H,3-4H2,1-2H3,(H,23,24)(H,25,26). The lowest BCUT2D eigenvalue weighted by Gasteiger charge is -2.13. The number of aromatic carboxylic acids is 2. The van der Waals surface area contributed by atoms with Gasteiger partial charge < -0.3 is 25.6 Å². The summed E-state index contributed by atoms with van der Waals surface area (Å²) in [4.78, 5) is 22.5. The summed E-state index contributed by atoms with van der Waals surface area (Å²) in [6.45, 7) is -0.177. The number of ether oxygens (including phenoxy) is 1. The Balaban J connectivity index is 2.19. The number of carbonyl (C=O) groups is 2. The quantitative estimate of drug-likeness (QED) is 0.557. The lowest BCUT2D eigenvalue weighted by atomic mass is 10.1. The van der Waals surface area contributed by atoms with E-state index in [4.69, 9.17) is 9.84 Å². The Morgan fingerprint density at radius 1 is 0.926 bits per heavy atom. The second-order valence-electron chi connectivity index (χ2n) is 5.53. The zero-order valence-electron chi connectivity index (χ0n) is 14.6. The van der Waals surface area contributed by atoms with E-state index in [1.165, 1.54) is 20.2 Å². The molecule has 0 saturated carbocycles. The van der Waals surface area contributed by atoms with E-state index in [0.717, 1.165) is 18.2 Å². The van der Waals surface area contributed by atoms with Crippen LogP contribution in [0.5, 0.6) is 5.75 Å². The number of rotatable bonds is 8. The first-order chi connectivity index (χ1) is 12.8. The van der Waals surface area contributed by atoms with Crippen LogP contribution in [0, 0.1) is 11.6 Å². The van der Waals surface area contributed by atoms with Gasteiger partial charge >= 0.3 is 11.9 Å². The molecule has 4 N–H and O–H groups in total. The molecule has 0 fully saturated rings. The van der Waals surface area contributed by atoms with E-state index in [9.17, 15) is 23.5 Å². The van der Waals surface area contributed by atoms with Crippen LogP contribution in [0.25, 0.3) is 0 Å². The number of halogens is 2. The van der Waals surface area contributed by atoms with Crippen molar-refractivity contribution in [3.8, 4) is 5.75 Å². The third kappa shape index (κ3) is 4.43. The summed E-state index contributed by atoms with van der Waals surface area (Å²) in [6.07, 6.45) is -0.0360. The Bertz CT molecular complexity index is 815. The van der Waals surface area contributed by atoms with E-state index < -0.39 is 23.6 Å². The predicted molar refractivity (Wildman–Crippen MR) is 95.0 cm³/mol. The van der Waals surface area contributed by atoms with Crippen LogP contribution in [-0.4, -0.2) is 42.9 Å². The largest absolute Gasteiger partial charge is 0.490 e. The van der Waals surface area contributed by atoms with E-state index in [-0.39, 0.29) is 46.8 Å². The van der Waals surface area contributed by atoms with Crippen molar-refractivity contribution in [1.82, 2.24) is 0 Å². The van der Waals surface area contributed by atoms with E-state index in [1.807, 2.05) is 0 Å². The number of anilines is 2. The van der Waals surface area contributed by atoms with Gasteiger partial charge in [0, 0.05) is 26.6 Å². The van der Waals surface area contributed by atoms with Crippen LogP contribution in [0.4, 0.5) is 20.2 Å². The molecular formula is C18H18F2N2O5. The summed E-state index contributed by atoms with van der Waals surface area (Å²) in [6, 6.07) is 4.26. The Morgan fingerprint density at radius 2 is 1.44 bits per heavy atom. The van der Waals surface area contributed by atoms with Gasteiger partial charge in [0.05, 0.1) is 29.1 Å². The first kappa shape index (κ1) is 20.0. The number of hydrogen-bond acceptors (Lipinski definition) is 5. The van der Waals surface area contributed by atoms with Crippen LogP contribution in [-0.2, 0) is 6.42 Å². The van der Waals surface area contributed by atoms with Crippen molar-refractivity contribution in [2.24, 2.45) is 0 Å². The maximum atomic E-state index is 14.1. The Hall–Kier alpha value is -3.36. The van der Waals surface area contributed by atoms with Gasteiger partial charge in [-0.15, -0.1) is 0 Å². The lowest BCUT2D eigenvalue weighted by Crippen LogP contribution is -2.10. The van der Waals surface area contributed by atoms with E-state index in [0.29, 0.717) is 0 Å². The second kappa shape index (κ2) is 8.35. The molecule has 2 aromatic carbocycles. The van der Waals surface area contributed by atoms with Gasteiger partial charge in [0.2, 0.25) is 0 Å². The summed E-state index contributed by atoms with van der Waals surface area (Å²) in [7, 11) is 2.93. The van der Waals surface area contributed by atoms with Crippen LogP contribution < -0.4 is 15.4 Å². The van der Waals surface area contributed by atoms with Crippen molar-refractivity contribution < 1.29 is 33.3 Å². The maximum absolute atomic E-state index is 14.1. The van der Waals surface area contributed by atoms with Gasteiger partial charge in [0.25, 0.3) is 0 Å². The molecule has 0 aliphatic rings. The Morgan fingerprint density at radius 3 is 1.96 bits per heavy atom. The third-order valence-corrected chi connectivity index (χ3v) is 3.89. The summed E-state index contributed by atoms with van der Waals surface area (Å²) in [5.41, 5.74) is 0.0203. The topological polar surface area (TPSA) is 108 Å². The highest BCUT2D eigenvalue weighted by Crippen LogP contribution is 2.27. The fraction of sp³-hybridized carbons (Fsp3) is 0.222. The first-order valence-electron chi connectivity index (χ1n) is 7.89. The van der Waals surface area contributed by atoms with Crippen LogP contribution >= 0.6 is 0 Å². The minimum Gasteiger partial charge on any atom is -0.490 e. The summed E-state index contributed by atoms with van der Waals surface area (Å²) in [5, 5.41) is 23.5. The van der Waals surface area contributed by atoms with Gasteiger partial charge in [-0.05, 0) is 23.8 Å². The molecule has 0 heterocycles. The molecular weight excluding hydrogens is 362 g/mol. The van der Waals surface area contributed by atoms with E-state index >= 15 is 0 Å². The van der Waals surface area contributed by atoms with E-state index in [2.05, 4.69) is 10.6 Å². The highest BCUT2D eigenvalue weighted by Gasteiger charge is 2.17. The van der Waals surface area contributed by atoms with Crippen molar-refractivity contribution in [3.05, 3.63) is 52.6 Å². The molecule has 27 heavy (non-hydrogen) atoms. The number of nitrogens with one attached hydrogen (secondary N) is 2. The minimum atomic E-state index is -1.26. The van der Waals surface area contributed by atoms with Crippen LogP contribution in [0.2, 0.25) is 0 Å². The van der Waals surface area contributed by atoms with Crippen LogP contribution in [0.1, 0.15) is 26.3 Å². The smallest absolute Gasteiger partial charge is 0.337 e. The van der Waals surface area contributed by atoms with Gasteiger partial charge in [-0.1, -0.05) is 0 Å². The fourth-order valence-electron chi connectivity index (χ4n) is 2.51. The zero-order valence-corrected chi connectivity index (χ0v) is 14.6. The molecule has 144 valence electrons. The average Bonchev–Trinajstić information content (AvgIpc) is 2.62. The van der Waals surface area contributed by atoms with Gasteiger partial charge in [0.1, 0.15) is 5.82 Å². The Kier molecular flexibility index (Phi) is 6.17. The highest BCUT2D eigenvalue weighted by molar-refractivity contribution is 5.95. The average molecular weight is 380 g/mol. The lowest BCUT2D eigenvalue weighted by molar-refractivity contribution is 0.0686. The maximum Gasteiger partial charge on any atom is 0.337 e. The molecule has 2 aromatic rings. The SMILES string of the molecule is CNc1cc(F)c(CCOc2cc(C(=O)O)c(NC)cc2F)cc1C(=O)O. The number of hydrogen-bond donors (Lipinski definition) is 4. The molecule has 7 nitrogen and oxygen atoms in total. The summed E-state index contributed by atoms with van der Waals surface area (Å²) in [5.74, 6) is -4.19. The molecule has 0 bridgehead atoms. The van der Waals surface area contributed by atoms with Crippen molar-refractivity contribution in [1.29, 1.82) is 0 Å². The second-order valence-corrected chi connectivity index (χ2v) is 5.53. The van der Waals surface area contributed by atoms with Gasteiger partial charge in [0.15, 0.2) is 11.6 Å². The number of carboxylic acids is 2. The molecule has 9 heteroatoms. The minimum absolute atomic E-state index is 0.0360. The van der Waals surface area contributed by atoms with Crippen molar-refractivity contribution in [2.75, 3.05) is 31.3 Å². The predicted octanol–water partition coefficient (Wildman–Crippen LogP) is 3.07. The molecule has 0 aliphatic heterocycles. The van der Waals surface area contributed by atoms with Crippen LogP contribution in [0.15, 0.2) is 24.3 Å². The first-order valence-corrected chi connectivity index (χ1v) is 7.89. The van der Waals surface area contributed by atoms with Gasteiger partial charge in [-0.3, -0.25) is 0 Å². The van der Waals surface area contributed by atoms with Gasteiger partial charge in [-0.2, -0.15) is 0 Å². The highest BCUT2D eigenvalue weighted by atomic mass is 19.1. The molecule has 0 aromatic heterocycles. The Labute approximate surface area is 153 Å². The van der Waals surface area contributed by atoms with Crippen molar-refractivity contribution in [3.63, 3.8) is 0 Å². The van der Waals surface area contributed by atoms with Crippen molar-refractivity contribution in [2.45, 2.75) is 6.42 Å². The fourth-order valence-corrected chi connectivity index (χ4v) is 2.51. The number of benzene rings is 2. The molecule has 0 amide bonds. The zero-order chi connectivity index (χ0) is 20.1.